The molecule has 0 aromatic heterocycles. The molecule has 1 saturated carbocycles. The first-order valence-electron chi connectivity index (χ1n) is 6.69. The molecule has 0 aliphatic heterocycles. The summed E-state index contributed by atoms with van der Waals surface area (Å²) in [5.41, 5.74) is 0. The number of rotatable bonds is 3. The molecular weight excluding hydrogens is 168 g/mol. The first-order chi connectivity index (χ1) is 6.69. The summed E-state index contributed by atoms with van der Waals surface area (Å²) in [4.78, 5) is 0. The summed E-state index contributed by atoms with van der Waals surface area (Å²) < 4.78 is 0. The molecule has 14 heavy (non-hydrogen) atoms. The summed E-state index contributed by atoms with van der Waals surface area (Å²) in [5.74, 6) is 3.99. The molecule has 0 nitrogen and oxygen atoms in total. The van der Waals surface area contributed by atoms with Crippen LogP contribution in [0.5, 0.6) is 0 Å². The van der Waals surface area contributed by atoms with Crippen LogP contribution in [0.15, 0.2) is 0 Å². The summed E-state index contributed by atoms with van der Waals surface area (Å²) in [6, 6.07) is 0. The van der Waals surface area contributed by atoms with Gasteiger partial charge in [-0.1, -0.05) is 59.8 Å². The summed E-state index contributed by atoms with van der Waals surface area (Å²) in [7, 11) is 0. The van der Waals surface area contributed by atoms with Crippen molar-refractivity contribution in [2.75, 3.05) is 0 Å². The van der Waals surface area contributed by atoms with Crippen LogP contribution in [0.25, 0.3) is 0 Å². The van der Waals surface area contributed by atoms with Crippen molar-refractivity contribution in [1.82, 2.24) is 0 Å². The Hall–Kier alpha value is 0. The van der Waals surface area contributed by atoms with Crippen LogP contribution in [0.3, 0.4) is 0 Å². The first-order valence-corrected chi connectivity index (χ1v) is 6.69. The Labute approximate surface area is 90.5 Å². The van der Waals surface area contributed by atoms with E-state index in [1.807, 2.05) is 0 Å². The van der Waals surface area contributed by atoms with Crippen molar-refractivity contribution < 1.29 is 0 Å². The SMILES string of the molecule is CCC[C@@H]1CC(CC)C(C)CCC1C. The molecule has 0 aromatic carbocycles. The summed E-state index contributed by atoms with van der Waals surface area (Å²) in [6.07, 6.45) is 8.69. The second kappa shape index (κ2) is 5.78. The molecule has 0 aromatic rings. The molecule has 0 N–H and O–H groups in total. The van der Waals surface area contributed by atoms with Crippen molar-refractivity contribution in [1.29, 1.82) is 0 Å². The van der Waals surface area contributed by atoms with Gasteiger partial charge in [0.15, 0.2) is 0 Å². The third-order valence-electron chi connectivity index (χ3n) is 4.48. The third-order valence-corrected chi connectivity index (χ3v) is 4.48. The summed E-state index contributed by atoms with van der Waals surface area (Å²) >= 11 is 0. The van der Waals surface area contributed by atoms with E-state index in [1.54, 1.807) is 0 Å². The highest BCUT2D eigenvalue weighted by Gasteiger charge is 2.27. The minimum absolute atomic E-state index is 0.976. The monoisotopic (exact) mass is 196 g/mol. The maximum absolute atomic E-state index is 2.48. The molecular formula is C14H28. The van der Waals surface area contributed by atoms with Gasteiger partial charge in [0.05, 0.1) is 0 Å². The van der Waals surface area contributed by atoms with Crippen LogP contribution >= 0.6 is 0 Å². The van der Waals surface area contributed by atoms with E-state index < -0.39 is 0 Å². The lowest BCUT2D eigenvalue weighted by atomic mass is 9.81. The summed E-state index contributed by atoms with van der Waals surface area (Å²) in [6.45, 7) is 9.66. The van der Waals surface area contributed by atoms with Crippen LogP contribution in [0, 0.1) is 23.7 Å². The Bertz CT molecular complexity index is 150. The van der Waals surface area contributed by atoms with Gasteiger partial charge < -0.3 is 0 Å². The topological polar surface area (TPSA) is 0 Å². The fourth-order valence-electron chi connectivity index (χ4n) is 3.19. The van der Waals surface area contributed by atoms with Crippen molar-refractivity contribution in [3.8, 4) is 0 Å². The van der Waals surface area contributed by atoms with Gasteiger partial charge in [0, 0.05) is 0 Å². The van der Waals surface area contributed by atoms with E-state index >= 15 is 0 Å². The van der Waals surface area contributed by atoms with Gasteiger partial charge in [-0.25, -0.2) is 0 Å². The largest absolute Gasteiger partial charge is 0.0654 e. The highest BCUT2D eigenvalue weighted by molar-refractivity contribution is 4.78. The Morgan fingerprint density at radius 3 is 2.00 bits per heavy atom. The molecule has 1 rings (SSSR count). The Morgan fingerprint density at radius 2 is 1.50 bits per heavy atom. The molecule has 0 radical (unpaired) electrons. The molecule has 0 amide bonds. The molecule has 0 heterocycles. The van der Waals surface area contributed by atoms with Gasteiger partial charge in [0.25, 0.3) is 0 Å². The maximum Gasteiger partial charge on any atom is -0.0386 e. The van der Waals surface area contributed by atoms with Crippen molar-refractivity contribution in [2.45, 2.75) is 66.2 Å². The van der Waals surface area contributed by atoms with Crippen molar-refractivity contribution in [3.05, 3.63) is 0 Å². The van der Waals surface area contributed by atoms with E-state index in [2.05, 4.69) is 27.7 Å². The minimum atomic E-state index is 0.976. The lowest BCUT2D eigenvalue weighted by molar-refractivity contribution is 0.262. The Balaban J connectivity index is 2.56. The molecule has 0 spiro atoms. The second-order valence-electron chi connectivity index (χ2n) is 5.48. The van der Waals surface area contributed by atoms with Crippen LogP contribution in [0.4, 0.5) is 0 Å². The van der Waals surface area contributed by atoms with Gasteiger partial charge >= 0.3 is 0 Å². The molecule has 3 unspecified atom stereocenters. The van der Waals surface area contributed by atoms with E-state index in [9.17, 15) is 0 Å². The third kappa shape index (κ3) is 3.00. The van der Waals surface area contributed by atoms with Crippen molar-refractivity contribution in [2.24, 2.45) is 23.7 Å². The molecule has 0 bridgehead atoms. The Kier molecular flexibility index (Phi) is 4.98. The van der Waals surface area contributed by atoms with E-state index in [-0.39, 0.29) is 0 Å². The van der Waals surface area contributed by atoms with E-state index in [1.165, 1.54) is 38.5 Å². The van der Waals surface area contributed by atoms with Gasteiger partial charge in [-0.15, -0.1) is 0 Å². The highest BCUT2D eigenvalue weighted by atomic mass is 14.3. The second-order valence-corrected chi connectivity index (χ2v) is 5.48. The number of hydrogen-bond donors (Lipinski definition) is 0. The molecule has 1 aliphatic rings. The predicted molar refractivity (Wildman–Crippen MR) is 64.4 cm³/mol. The Morgan fingerprint density at radius 1 is 0.929 bits per heavy atom. The molecule has 0 saturated heterocycles. The van der Waals surface area contributed by atoms with Crippen molar-refractivity contribution >= 4 is 0 Å². The van der Waals surface area contributed by atoms with Gasteiger partial charge in [-0.2, -0.15) is 0 Å². The van der Waals surface area contributed by atoms with Gasteiger partial charge in [0.2, 0.25) is 0 Å². The average molecular weight is 196 g/mol. The van der Waals surface area contributed by atoms with E-state index in [4.69, 9.17) is 0 Å². The number of hydrogen-bond acceptors (Lipinski definition) is 0. The zero-order valence-electron chi connectivity index (χ0n) is 10.6. The molecule has 0 heteroatoms. The lowest BCUT2D eigenvalue weighted by Gasteiger charge is -2.24. The van der Waals surface area contributed by atoms with Crippen LogP contribution in [0.1, 0.15) is 66.2 Å². The lowest BCUT2D eigenvalue weighted by Crippen LogP contribution is -2.14. The van der Waals surface area contributed by atoms with E-state index in [0.29, 0.717) is 0 Å². The quantitative estimate of drug-likeness (QED) is 0.564. The fraction of sp³-hybridized carbons (Fsp3) is 1.00. The molecule has 4 atom stereocenters. The van der Waals surface area contributed by atoms with E-state index in [0.717, 1.165) is 23.7 Å². The van der Waals surface area contributed by atoms with Gasteiger partial charge in [-0.3, -0.25) is 0 Å². The van der Waals surface area contributed by atoms with Crippen molar-refractivity contribution in [3.63, 3.8) is 0 Å². The predicted octanol–water partition coefficient (Wildman–Crippen LogP) is 4.89. The molecule has 84 valence electrons. The minimum Gasteiger partial charge on any atom is -0.0654 e. The molecule has 1 aliphatic carbocycles. The zero-order chi connectivity index (χ0) is 10.6. The standard InChI is InChI=1S/C14H28/c1-5-7-14-10-13(6-2)11(3)8-9-12(14)4/h11-14H,5-10H2,1-4H3/t11?,12?,13?,14-/m1/s1. The van der Waals surface area contributed by atoms with Crippen LogP contribution < -0.4 is 0 Å². The first kappa shape index (κ1) is 12.1. The normalized spacial score (nSPS) is 39.4. The summed E-state index contributed by atoms with van der Waals surface area (Å²) in [5, 5.41) is 0. The highest BCUT2D eigenvalue weighted by Crippen LogP contribution is 2.38. The smallest absolute Gasteiger partial charge is 0.0386 e. The van der Waals surface area contributed by atoms with Crippen LogP contribution in [0.2, 0.25) is 0 Å². The van der Waals surface area contributed by atoms with Gasteiger partial charge in [-0.05, 0) is 30.1 Å². The average Bonchev–Trinajstić information content (AvgIpc) is 2.31. The fourth-order valence-corrected chi connectivity index (χ4v) is 3.19. The zero-order valence-corrected chi connectivity index (χ0v) is 10.6. The maximum atomic E-state index is 2.48. The van der Waals surface area contributed by atoms with Crippen LogP contribution in [-0.2, 0) is 0 Å². The van der Waals surface area contributed by atoms with Gasteiger partial charge in [0.1, 0.15) is 0 Å². The molecule has 1 fully saturated rings. The van der Waals surface area contributed by atoms with Crippen LogP contribution in [-0.4, -0.2) is 0 Å².